The van der Waals surface area contributed by atoms with E-state index in [0.717, 1.165) is 12.4 Å². The second-order valence-corrected chi connectivity index (χ2v) is 6.96. The van der Waals surface area contributed by atoms with Gasteiger partial charge >= 0.3 is 0 Å². The molecule has 1 heterocycles. The van der Waals surface area contributed by atoms with Gasteiger partial charge in [0.1, 0.15) is 5.75 Å². The highest BCUT2D eigenvalue weighted by Crippen LogP contribution is 2.36. The molecule has 1 aromatic heterocycles. The number of thiophene rings is 1. The van der Waals surface area contributed by atoms with E-state index in [1.54, 1.807) is 11.3 Å². The molecule has 2 heteroatoms. The van der Waals surface area contributed by atoms with Crippen molar-refractivity contribution >= 4 is 11.3 Å². The molecule has 0 amide bonds. The third kappa shape index (κ3) is 3.29. The van der Waals surface area contributed by atoms with Crippen LogP contribution in [0.5, 0.6) is 5.75 Å². The molecule has 0 aliphatic heterocycles. The molecule has 3 aromatic rings. The Kier molecular flexibility index (Phi) is 4.85. The molecule has 128 valence electrons. The minimum atomic E-state index is 0.774. The predicted octanol–water partition coefficient (Wildman–Crippen LogP) is 6.77. The standard InChI is InChI=1S/C16H12S.C8H8O/c1-3-7-13(8-4-1)15-11-12-17-16(15)14-9-5-2-6-10-14;1-2-9-8-5-6-3-4-7(6)8/h1-12H;3-5H,2H2,1H3. The van der Waals surface area contributed by atoms with Crippen LogP contribution in [0.15, 0.2) is 90.3 Å². The fourth-order valence-electron chi connectivity index (χ4n) is 3.00. The molecule has 0 bridgehead atoms. The van der Waals surface area contributed by atoms with Gasteiger partial charge in [-0.05, 0) is 40.8 Å². The Morgan fingerprint density at radius 3 is 2.00 bits per heavy atom. The van der Waals surface area contributed by atoms with Crippen LogP contribution in [0.4, 0.5) is 0 Å². The zero-order valence-corrected chi connectivity index (χ0v) is 15.5. The van der Waals surface area contributed by atoms with Gasteiger partial charge in [-0.1, -0.05) is 72.8 Å². The summed E-state index contributed by atoms with van der Waals surface area (Å²) < 4.78 is 5.26. The molecular formula is C24H20OS. The van der Waals surface area contributed by atoms with E-state index in [1.165, 1.54) is 32.0 Å². The van der Waals surface area contributed by atoms with E-state index in [-0.39, 0.29) is 0 Å². The molecule has 0 saturated heterocycles. The molecule has 1 nitrogen and oxygen atoms in total. The summed E-state index contributed by atoms with van der Waals surface area (Å²) in [4.78, 5) is 1.34. The first kappa shape index (κ1) is 16.6. The fourth-order valence-corrected chi connectivity index (χ4v) is 3.92. The maximum absolute atomic E-state index is 5.26. The Labute approximate surface area is 157 Å². The highest BCUT2D eigenvalue weighted by molar-refractivity contribution is 7.14. The summed E-state index contributed by atoms with van der Waals surface area (Å²) in [7, 11) is 0. The van der Waals surface area contributed by atoms with Crippen molar-refractivity contribution in [1.29, 1.82) is 0 Å². The van der Waals surface area contributed by atoms with Crippen molar-refractivity contribution in [2.75, 3.05) is 6.61 Å². The van der Waals surface area contributed by atoms with E-state index >= 15 is 0 Å². The summed E-state index contributed by atoms with van der Waals surface area (Å²) in [6.45, 7) is 2.78. The smallest absolute Gasteiger partial charge is 0.127 e. The van der Waals surface area contributed by atoms with Crippen LogP contribution in [0.2, 0.25) is 0 Å². The number of rotatable bonds is 4. The molecule has 26 heavy (non-hydrogen) atoms. The van der Waals surface area contributed by atoms with Crippen LogP contribution in [-0.4, -0.2) is 6.61 Å². The van der Waals surface area contributed by atoms with Crippen molar-refractivity contribution in [2.24, 2.45) is 0 Å². The molecule has 0 unspecified atom stereocenters. The highest BCUT2D eigenvalue weighted by Gasteiger charge is 2.07. The first-order valence-corrected chi connectivity index (χ1v) is 9.70. The zero-order chi connectivity index (χ0) is 17.8. The van der Waals surface area contributed by atoms with Crippen LogP contribution in [-0.2, 0) is 0 Å². The van der Waals surface area contributed by atoms with Crippen molar-refractivity contribution in [1.82, 2.24) is 0 Å². The molecule has 5 rings (SSSR count). The number of benzene rings is 3. The molecule has 2 aromatic carbocycles. The van der Waals surface area contributed by atoms with Crippen LogP contribution in [0.3, 0.4) is 0 Å². The Hall–Kier alpha value is -2.84. The van der Waals surface area contributed by atoms with Gasteiger partial charge in [0.05, 0.1) is 6.61 Å². The number of hydrogen-bond acceptors (Lipinski definition) is 2. The topological polar surface area (TPSA) is 9.23 Å². The first-order valence-electron chi connectivity index (χ1n) is 8.82. The third-order valence-electron chi connectivity index (χ3n) is 4.38. The maximum Gasteiger partial charge on any atom is 0.127 e. The van der Waals surface area contributed by atoms with Gasteiger partial charge in [-0.3, -0.25) is 0 Å². The van der Waals surface area contributed by atoms with E-state index in [9.17, 15) is 0 Å². The van der Waals surface area contributed by atoms with Gasteiger partial charge < -0.3 is 4.74 Å². The molecule has 0 spiro atoms. The third-order valence-corrected chi connectivity index (χ3v) is 5.34. The number of hydrogen-bond donors (Lipinski definition) is 0. The van der Waals surface area contributed by atoms with Crippen LogP contribution in [0.1, 0.15) is 6.92 Å². The Balaban J connectivity index is 0.000000157. The van der Waals surface area contributed by atoms with Gasteiger partial charge in [0.25, 0.3) is 0 Å². The Morgan fingerprint density at radius 1 is 0.769 bits per heavy atom. The van der Waals surface area contributed by atoms with Gasteiger partial charge in [-0.15, -0.1) is 11.3 Å². The summed E-state index contributed by atoms with van der Waals surface area (Å²) in [5.74, 6) is 1.06. The average molecular weight is 356 g/mol. The zero-order valence-electron chi connectivity index (χ0n) is 14.7. The molecule has 2 aliphatic carbocycles. The lowest BCUT2D eigenvalue weighted by Gasteiger charge is -2.10. The van der Waals surface area contributed by atoms with Gasteiger partial charge in [0, 0.05) is 15.7 Å². The van der Waals surface area contributed by atoms with Crippen LogP contribution < -0.4 is 4.74 Å². The normalized spacial score (nSPS) is 10.7. The van der Waals surface area contributed by atoms with Gasteiger partial charge in [-0.25, -0.2) is 0 Å². The lowest BCUT2D eigenvalue weighted by molar-refractivity contribution is 0.334. The largest absolute Gasteiger partial charge is 0.493 e. The molecule has 0 saturated carbocycles. The van der Waals surface area contributed by atoms with Crippen LogP contribution in [0, 0.1) is 10.4 Å². The van der Waals surface area contributed by atoms with Crippen LogP contribution >= 0.6 is 11.3 Å². The van der Waals surface area contributed by atoms with Gasteiger partial charge in [0.15, 0.2) is 0 Å². The second kappa shape index (κ2) is 7.59. The molecule has 0 fully saturated rings. The lowest BCUT2D eigenvalue weighted by atomic mass is 10.0. The van der Waals surface area contributed by atoms with E-state index < -0.39 is 0 Å². The van der Waals surface area contributed by atoms with Gasteiger partial charge in [-0.2, -0.15) is 0 Å². The molecule has 0 N–H and O–H groups in total. The molecule has 2 aliphatic rings. The van der Waals surface area contributed by atoms with Crippen molar-refractivity contribution in [3.63, 3.8) is 0 Å². The van der Waals surface area contributed by atoms with Crippen molar-refractivity contribution in [3.05, 3.63) is 101 Å². The lowest BCUT2D eigenvalue weighted by Crippen LogP contribution is -1.97. The highest BCUT2D eigenvalue weighted by atomic mass is 32.1. The van der Waals surface area contributed by atoms with E-state index in [0.29, 0.717) is 0 Å². The fraction of sp³-hybridized carbons (Fsp3) is 0.0833. The summed E-state index contributed by atoms with van der Waals surface area (Å²) >= 11 is 1.80. The van der Waals surface area contributed by atoms with E-state index in [1.807, 2.05) is 6.92 Å². The second-order valence-electron chi connectivity index (χ2n) is 6.04. The minimum absolute atomic E-state index is 0.774. The summed E-state index contributed by atoms with van der Waals surface area (Å²) in [5, 5.41) is 4.81. The van der Waals surface area contributed by atoms with Crippen molar-refractivity contribution in [3.8, 4) is 27.3 Å². The predicted molar refractivity (Wildman–Crippen MR) is 110 cm³/mol. The first-order chi connectivity index (χ1) is 12.9. The molecule has 0 radical (unpaired) electrons. The monoisotopic (exact) mass is 356 g/mol. The van der Waals surface area contributed by atoms with Crippen LogP contribution in [0.25, 0.3) is 21.6 Å². The van der Waals surface area contributed by atoms with E-state index in [4.69, 9.17) is 4.74 Å². The SMILES string of the molecule is CCOc1cc2ccc1=2.c1ccc(-c2ccsc2-c2ccccc2)cc1. The Morgan fingerprint density at radius 2 is 1.46 bits per heavy atom. The van der Waals surface area contributed by atoms with E-state index in [2.05, 4.69) is 90.3 Å². The summed E-state index contributed by atoms with van der Waals surface area (Å²) in [6, 6.07) is 29.5. The summed E-state index contributed by atoms with van der Waals surface area (Å²) in [6.07, 6.45) is 0. The number of ether oxygens (including phenoxy) is 1. The molecule has 0 atom stereocenters. The summed E-state index contributed by atoms with van der Waals surface area (Å²) in [5.41, 5.74) is 3.90. The van der Waals surface area contributed by atoms with Gasteiger partial charge in [0.2, 0.25) is 0 Å². The Bertz CT molecular complexity index is 1030. The quantitative estimate of drug-likeness (QED) is 0.345. The molecular weight excluding hydrogens is 336 g/mol. The van der Waals surface area contributed by atoms with Crippen molar-refractivity contribution < 1.29 is 4.74 Å². The minimum Gasteiger partial charge on any atom is -0.493 e. The van der Waals surface area contributed by atoms with Crippen molar-refractivity contribution in [2.45, 2.75) is 6.92 Å². The average Bonchev–Trinajstić information content (AvgIpc) is 3.17. The maximum atomic E-state index is 5.26.